The van der Waals surface area contributed by atoms with Crippen molar-refractivity contribution in [2.24, 2.45) is 0 Å². The summed E-state index contributed by atoms with van der Waals surface area (Å²) in [6.07, 6.45) is 0. The molecule has 7 heteroatoms. The summed E-state index contributed by atoms with van der Waals surface area (Å²) in [6.45, 7) is 5.89. The first-order valence-corrected chi connectivity index (χ1v) is 12.0. The number of carbonyl (C=O) groups is 3. The number of ether oxygens (including phenoxy) is 2. The van der Waals surface area contributed by atoms with Crippen molar-refractivity contribution in [2.45, 2.75) is 33.4 Å². The normalized spacial score (nSPS) is 16.6. The number of likely N-dealkylation sites (tertiary alicyclic amines) is 1. The van der Waals surface area contributed by atoms with Crippen LogP contribution in [0.4, 0.5) is 0 Å². The van der Waals surface area contributed by atoms with E-state index >= 15 is 0 Å². The Bertz CT molecular complexity index is 1390. The highest BCUT2D eigenvalue weighted by Crippen LogP contribution is 2.41. The van der Waals surface area contributed by atoms with E-state index in [4.69, 9.17) is 9.47 Å². The molecule has 4 rings (SSSR count). The fourth-order valence-corrected chi connectivity index (χ4v) is 4.57. The van der Waals surface area contributed by atoms with Crippen LogP contribution in [0.2, 0.25) is 0 Å². The third-order valence-corrected chi connectivity index (χ3v) is 6.38. The van der Waals surface area contributed by atoms with Crippen LogP contribution in [-0.2, 0) is 20.9 Å². The molecule has 1 saturated heterocycles. The summed E-state index contributed by atoms with van der Waals surface area (Å²) in [7, 11) is 1.56. The Labute approximate surface area is 215 Å². The molecule has 1 fully saturated rings. The average Bonchev–Trinajstić information content (AvgIpc) is 3.13. The zero-order valence-electron chi connectivity index (χ0n) is 21.3. The number of hydrogen-bond donors (Lipinski definition) is 1. The van der Waals surface area contributed by atoms with Gasteiger partial charge >= 0.3 is 5.97 Å². The molecule has 37 heavy (non-hydrogen) atoms. The van der Waals surface area contributed by atoms with E-state index in [0.717, 1.165) is 16.7 Å². The minimum atomic E-state index is -0.785. The summed E-state index contributed by atoms with van der Waals surface area (Å²) in [5.41, 5.74) is 4.05. The van der Waals surface area contributed by atoms with E-state index < -0.39 is 23.7 Å². The topological polar surface area (TPSA) is 93.1 Å². The van der Waals surface area contributed by atoms with E-state index in [1.54, 1.807) is 56.5 Å². The Balaban J connectivity index is 1.78. The van der Waals surface area contributed by atoms with E-state index in [1.165, 1.54) is 4.90 Å². The molecule has 1 N–H and O–H groups in total. The van der Waals surface area contributed by atoms with Crippen molar-refractivity contribution in [3.63, 3.8) is 0 Å². The van der Waals surface area contributed by atoms with Gasteiger partial charge in [-0.15, -0.1) is 0 Å². The van der Waals surface area contributed by atoms with E-state index in [-0.39, 0.29) is 24.5 Å². The van der Waals surface area contributed by atoms with Crippen LogP contribution < -0.4 is 4.74 Å². The smallest absolute Gasteiger partial charge is 0.338 e. The molecule has 0 aromatic heterocycles. The maximum atomic E-state index is 13.3. The molecule has 190 valence electrons. The second-order valence-electron chi connectivity index (χ2n) is 8.94. The lowest BCUT2D eigenvalue weighted by Gasteiger charge is -2.26. The fourth-order valence-electron chi connectivity index (χ4n) is 4.57. The highest BCUT2D eigenvalue weighted by molar-refractivity contribution is 6.46. The second-order valence-corrected chi connectivity index (χ2v) is 8.94. The van der Waals surface area contributed by atoms with Gasteiger partial charge in [-0.3, -0.25) is 9.59 Å². The number of rotatable bonds is 7. The third kappa shape index (κ3) is 5.11. The standard InChI is InChI=1S/C30H29NO6/c1-5-37-30(35)21-11-9-20(10-12-21)17-31-26(22-8-6-7-18(2)15-22)25(28(33)29(31)34)27(32)23-13-14-24(36-4)19(3)16-23/h6-16,26,32H,5,17H2,1-4H3/b27-25-. The molecular formula is C30H29NO6. The van der Waals surface area contributed by atoms with Crippen molar-refractivity contribution in [2.75, 3.05) is 13.7 Å². The van der Waals surface area contributed by atoms with E-state index in [1.807, 2.05) is 38.1 Å². The second kappa shape index (κ2) is 10.7. The van der Waals surface area contributed by atoms with E-state index in [9.17, 15) is 19.5 Å². The number of aryl methyl sites for hydroxylation is 2. The molecule has 1 aliphatic rings. The number of ketones is 1. The molecular weight excluding hydrogens is 470 g/mol. The summed E-state index contributed by atoms with van der Waals surface area (Å²) in [4.78, 5) is 40.1. The third-order valence-electron chi connectivity index (χ3n) is 6.38. The Morgan fingerprint density at radius 2 is 1.68 bits per heavy atom. The molecule has 1 unspecified atom stereocenters. The molecule has 3 aromatic rings. The van der Waals surface area contributed by atoms with Crippen LogP contribution in [0, 0.1) is 13.8 Å². The number of methoxy groups -OCH3 is 1. The predicted octanol–water partition coefficient (Wildman–Crippen LogP) is 5.11. The van der Waals surface area contributed by atoms with Crippen molar-refractivity contribution >= 4 is 23.4 Å². The maximum Gasteiger partial charge on any atom is 0.338 e. The van der Waals surface area contributed by atoms with Crippen LogP contribution >= 0.6 is 0 Å². The molecule has 1 aliphatic heterocycles. The average molecular weight is 500 g/mol. The quantitative estimate of drug-likeness (QED) is 0.210. The number of aliphatic hydroxyl groups is 1. The van der Waals surface area contributed by atoms with Crippen molar-refractivity contribution in [3.8, 4) is 5.75 Å². The zero-order chi connectivity index (χ0) is 26.7. The Morgan fingerprint density at radius 3 is 2.30 bits per heavy atom. The molecule has 1 heterocycles. The van der Waals surface area contributed by atoms with Crippen LogP contribution in [0.5, 0.6) is 5.75 Å². The molecule has 3 aromatic carbocycles. The molecule has 0 saturated carbocycles. The van der Waals surface area contributed by atoms with Gasteiger partial charge in [-0.2, -0.15) is 0 Å². The van der Waals surface area contributed by atoms with Gasteiger partial charge in [0.1, 0.15) is 11.5 Å². The number of hydrogen-bond acceptors (Lipinski definition) is 6. The summed E-state index contributed by atoms with van der Waals surface area (Å²) < 4.78 is 10.3. The SMILES string of the molecule is CCOC(=O)c1ccc(CN2C(=O)C(=O)/C(=C(\O)c3ccc(OC)c(C)c3)C2c2cccc(C)c2)cc1. The van der Waals surface area contributed by atoms with Crippen molar-refractivity contribution in [3.05, 3.63) is 106 Å². The van der Waals surface area contributed by atoms with Gasteiger partial charge in [0.05, 0.1) is 30.9 Å². The zero-order valence-corrected chi connectivity index (χ0v) is 21.3. The minimum Gasteiger partial charge on any atom is -0.507 e. The monoisotopic (exact) mass is 499 g/mol. The summed E-state index contributed by atoms with van der Waals surface area (Å²) in [5, 5.41) is 11.3. The molecule has 0 radical (unpaired) electrons. The number of benzene rings is 3. The number of carbonyl (C=O) groups excluding carboxylic acids is 3. The lowest BCUT2D eigenvalue weighted by Crippen LogP contribution is -2.29. The Hall–Kier alpha value is -4.39. The lowest BCUT2D eigenvalue weighted by atomic mass is 9.94. The van der Waals surface area contributed by atoms with Crippen LogP contribution in [0.3, 0.4) is 0 Å². The van der Waals surface area contributed by atoms with Crippen molar-refractivity contribution < 1.29 is 29.0 Å². The number of esters is 1. The summed E-state index contributed by atoms with van der Waals surface area (Å²) in [6, 6.07) is 18.6. The van der Waals surface area contributed by atoms with Crippen molar-refractivity contribution in [1.29, 1.82) is 0 Å². The number of Topliss-reactive ketones (excluding diaryl/α,β-unsaturated/α-hetero) is 1. The van der Waals surface area contributed by atoms with Gasteiger partial charge in [0.25, 0.3) is 11.7 Å². The first-order chi connectivity index (χ1) is 17.7. The van der Waals surface area contributed by atoms with Gasteiger partial charge in [0, 0.05) is 12.1 Å². The molecule has 1 atom stereocenters. The van der Waals surface area contributed by atoms with Crippen LogP contribution in [0.25, 0.3) is 5.76 Å². The van der Waals surface area contributed by atoms with Gasteiger partial charge in [-0.25, -0.2) is 4.79 Å². The molecule has 1 amide bonds. The van der Waals surface area contributed by atoms with Gasteiger partial charge in [-0.1, -0.05) is 42.0 Å². The Kier molecular flexibility index (Phi) is 7.43. The number of nitrogens with zero attached hydrogens (tertiary/aromatic N) is 1. The Morgan fingerprint density at radius 1 is 0.973 bits per heavy atom. The molecule has 0 bridgehead atoms. The summed E-state index contributed by atoms with van der Waals surface area (Å²) >= 11 is 0. The van der Waals surface area contributed by atoms with E-state index in [2.05, 4.69) is 0 Å². The van der Waals surface area contributed by atoms with Gasteiger partial charge < -0.3 is 19.5 Å². The van der Waals surface area contributed by atoms with Crippen LogP contribution in [0.1, 0.15) is 51.1 Å². The minimum absolute atomic E-state index is 0.0308. The van der Waals surface area contributed by atoms with Gasteiger partial charge in [0.2, 0.25) is 0 Å². The number of aliphatic hydroxyl groups excluding tert-OH is 1. The highest BCUT2D eigenvalue weighted by Gasteiger charge is 2.46. The van der Waals surface area contributed by atoms with E-state index in [0.29, 0.717) is 22.4 Å². The van der Waals surface area contributed by atoms with Gasteiger partial charge in [-0.05, 0) is 67.8 Å². The van der Waals surface area contributed by atoms with Crippen LogP contribution in [-0.4, -0.2) is 41.4 Å². The number of amides is 1. The highest BCUT2D eigenvalue weighted by atomic mass is 16.5. The predicted molar refractivity (Wildman–Crippen MR) is 139 cm³/mol. The van der Waals surface area contributed by atoms with Gasteiger partial charge in [0.15, 0.2) is 0 Å². The van der Waals surface area contributed by atoms with Crippen molar-refractivity contribution in [1.82, 2.24) is 4.90 Å². The largest absolute Gasteiger partial charge is 0.507 e. The molecule has 0 aliphatic carbocycles. The first kappa shape index (κ1) is 25.7. The maximum absolute atomic E-state index is 13.3. The molecule has 0 spiro atoms. The fraction of sp³-hybridized carbons (Fsp3) is 0.233. The molecule has 7 nitrogen and oxygen atoms in total. The summed E-state index contributed by atoms with van der Waals surface area (Å²) in [5.74, 6) is -1.47. The first-order valence-electron chi connectivity index (χ1n) is 12.0. The van der Waals surface area contributed by atoms with Crippen LogP contribution in [0.15, 0.2) is 72.3 Å². The lowest BCUT2D eigenvalue weighted by molar-refractivity contribution is -0.140.